The fourth-order valence-corrected chi connectivity index (χ4v) is 2.62. The van der Waals surface area contributed by atoms with E-state index in [1.807, 2.05) is 0 Å². The lowest BCUT2D eigenvalue weighted by Crippen LogP contribution is -1.86. The topological polar surface area (TPSA) is 135 Å². The minimum atomic E-state index is -2.86. The average Bonchev–Trinajstić information content (AvgIpc) is 2.74. The van der Waals surface area contributed by atoms with Crippen molar-refractivity contribution in [3.05, 3.63) is 0 Å². The molecule has 1 unspecified atom stereocenters. The van der Waals surface area contributed by atoms with Gasteiger partial charge in [0.15, 0.2) is 0 Å². The van der Waals surface area contributed by atoms with Crippen molar-refractivity contribution >= 4 is 23.3 Å². The smallest absolute Gasteiger partial charge is 0.303 e. The Labute approximate surface area is 199 Å². The molecule has 1 atom stereocenters. The Bertz CT molecular complexity index is 357. The van der Waals surface area contributed by atoms with E-state index in [0.717, 1.165) is 0 Å². The highest BCUT2D eigenvalue weighted by Crippen LogP contribution is 2.13. The number of rotatable bonds is 17. The van der Waals surface area contributed by atoms with Crippen LogP contribution in [-0.2, 0) is 21.0 Å². The van der Waals surface area contributed by atoms with E-state index in [1.165, 1.54) is 103 Å². The third kappa shape index (κ3) is 70.2. The van der Waals surface area contributed by atoms with Gasteiger partial charge in [-0.1, -0.05) is 130 Å². The first-order valence-electron chi connectivity index (χ1n) is 12.4. The van der Waals surface area contributed by atoms with Crippen LogP contribution in [0.25, 0.3) is 0 Å². The molecule has 8 heteroatoms. The summed E-state index contributed by atoms with van der Waals surface area (Å²) in [4.78, 5) is 18.7. The van der Waals surface area contributed by atoms with Gasteiger partial charge in [0.05, 0.1) is 11.4 Å². The first-order valence-corrected chi connectivity index (χ1v) is 13.4. The molecule has 0 aliphatic carbocycles. The van der Waals surface area contributed by atoms with Gasteiger partial charge in [-0.25, -0.2) is 4.21 Å². The van der Waals surface area contributed by atoms with E-state index in [-0.39, 0.29) is 12.8 Å². The van der Waals surface area contributed by atoms with Crippen LogP contribution in [0.15, 0.2) is 0 Å². The zero-order valence-corrected chi connectivity index (χ0v) is 21.9. The van der Waals surface area contributed by atoms with Crippen LogP contribution in [0.4, 0.5) is 0 Å². The van der Waals surface area contributed by atoms with E-state index in [0.29, 0.717) is 0 Å². The van der Waals surface area contributed by atoms with Gasteiger partial charge in [0.2, 0.25) is 0 Å². The molecular weight excluding hydrogens is 432 g/mol. The molecule has 0 bridgehead atoms. The molecule has 0 aromatic rings. The van der Waals surface area contributed by atoms with E-state index in [4.69, 9.17) is 23.5 Å². The maximum Gasteiger partial charge on any atom is 0.303 e. The molecule has 0 aliphatic heterocycles. The number of carboxylic acids is 2. The fourth-order valence-electron chi connectivity index (χ4n) is 2.62. The number of hydrogen-bond donors (Lipinski definition) is 3. The molecule has 0 saturated carbocycles. The van der Waals surface area contributed by atoms with Gasteiger partial charge in [0, 0.05) is 12.8 Å². The molecule has 0 amide bonds. The van der Waals surface area contributed by atoms with Crippen molar-refractivity contribution < 1.29 is 33.1 Å². The van der Waals surface area contributed by atoms with E-state index in [9.17, 15) is 9.59 Å². The fraction of sp³-hybridized carbons (Fsp3) is 0.917. The molecule has 0 aliphatic rings. The van der Waals surface area contributed by atoms with Gasteiger partial charge in [0.1, 0.15) is 0 Å². The molecule has 0 spiro atoms. The van der Waals surface area contributed by atoms with Crippen molar-refractivity contribution in [3.8, 4) is 0 Å². The van der Waals surface area contributed by atoms with Crippen LogP contribution in [0.1, 0.15) is 143 Å². The summed E-state index contributed by atoms with van der Waals surface area (Å²) in [6, 6.07) is 0. The van der Waals surface area contributed by atoms with Crippen molar-refractivity contribution in [3.63, 3.8) is 0 Å². The van der Waals surface area contributed by atoms with Gasteiger partial charge < -0.3 is 19.3 Å². The van der Waals surface area contributed by atoms with Crippen LogP contribution in [0.5, 0.6) is 0 Å². The SMILES string of the molecule is CCC(=O)O.CCC(=O)O.CCCCCCCCCCCCCCCCCC.O=S([O-])O. The van der Waals surface area contributed by atoms with E-state index in [2.05, 4.69) is 13.8 Å². The molecule has 196 valence electrons. The summed E-state index contributed by atoms with van der Waals surface area (Å²) >= 11 is -2.86. The van der Waals surface area contributed by atoms with Crippen LogP contribution >= 0.6 is 0 Å². The number of carboxylic acid groups (broad SMARTS) is 2. The highest BCUT2D eigenvalue weighted by molar-refractivity contribution is 7.73. The van der Waals surface area contributed by atoms with Crippen molar-refractivity contribution in [1.82, 2.24) is 0 Å². The lowest BCUT2D eigenvalue weighted by Gasteiger charge is -2.03. The average molecular weight is 484 g/mol. The predicted molar refractivity (Wildman–Crippen MR) is 133 cm³/mol. The maximum absolute atomic E-state index is 9.37. The Morgan fingerprint density at radius 2 is 0.688 bits per heavy atom. The monoisotopic (exact) mass is 483 g/mol. The Balaban J connectivity index is -0.000000226. The summed E-state index contributed by atoms with van der Waals surface area (Å²) in [7, 11) is 0. The first kappa shape index (κ1) is 38.3. The first-order chi connectivity index (χ1) is 15.2. The van der Waals surface area contributed by atoms with Gasteiger partial charge in [-0.2, -0.15) is 0 Å². The van der Waals surface area contributed by atoms with Crippen molar-refractivity contribution in [2.24, 2.45) is 0 Å². The lowest BCUT2D eigenvalue weighted by molar-refractivity contribution is -0.137. The molecule has 7 nitrogen and oxygen atoms in total. The summed E-state index contributed by atoms with van der Waals surface area (Å²) < 4.78 is 24.1. The van der Waals surface area contributed by atoms with E-state index < -0.39 is 23.3 Å². The minimum Gasteiger partial charge on any atom is -0.750 e. The van der Waals surface area contributed by atoms with Gasteiger partial charge in [-0.3, -0.25) is 9.59 Å². The Kier molecular flexibility index (Phi) is 44.7. The second-order valence-electron chi connectivity index (χ2n) is 7.66. The largest absolute Gasteiger partial charge is 0.750 e. The van der Waals surface area contributed by atoms with E-state index >= 15 is 0 Å². The standard InChI is InChI=1S/C18H38.2C3H6O2.H2O3S/c1-3-5-7-9-11-13-15-17-18-16-14-12-10-8-6-4-2;2*1-2-3(4)5;1-4(2)3/h3-18H2,1-2H3;2*2H2,1H3,(H,4,5);(H2,1,2,3)/p-1. The summed E-state index contributed by atoms with van der Waals surface area (Å²) in [6.45, 7) is 7.79. The second-order valence-corrected chi connectivity index (χ2v) is 8.10. The predicted octanol–water partition coefficient (Wildman–Crippen LogP) is 7.57. The number of hydrogen-bond acceptors (Lipinski definition) is 4. The van der Waals surface area contributed by atoms with Crippen molar-refractivity contribution in [2.75, 3.05) is 0 Å². The highest BCUT2D eigenvalue weighted by atomic mass is 32.2. The summed E-state index contributed by atoms with van der Waals surface area (Å²) in [5.74, 6) is -1.49. The minimum absolute atomic E-state index is 0.222. The zero-order chi connectivity index (χ0) is 25.5. The zero-order valence-electron chi connectivity index (χ0n) is 21.1. The molecule has 0 rings (SSSR count). The van der Waals surface area contributed by atoms with Crippen LogP contribution in [0.3, 0.4) is 0 Å². The molecular formula is C24H51O7S-. The van der Waals surface area contributed by atoms with E-state index in [1.54, 1.807) is 13.8 Å². The van der Waals surface area contributed by atoms with Gasteiger partial charge in [-0.05, 0) is 0 Å². The molecule has 0 heterocycles. The lowest BCUT2D eigenvalue weighted by atomic mass is 10.0. The third-order valence-electron chi connectivity index (χ3n) is 4.56. The second kappa shape index (κ2) is 37.3. The molecule has 0 saturated heterocycles. The van der Waals surface area contributed by atoms with Gasteiger partial charge >= 0.3 is 11.9 Å². The summed E-state index contributed by atoms with van der Waals surface area (Å²) in [5, 5.41) is 15.4. The molecule has 0 aromatic heterocycles. The van der Waals surface area contributed by atoms with Crippen LogP contribution in [-0.4, -0.2) is 35.5 Å². The third-order valence-corrected chi connectivity index (χ3v) is 4.56. The Morgan fingerprint density at radius 1 is 0.562 bits per heavy atom. The maximum atomic E-state index is 9.37. The Hall–Kier alpha value is -0.990. The molecule has 0 aromatic carbocycles. The highest BCUT2D eigenvalue weighted by Gasteiger charge is 1.93. The number of aliphatic carboxylic acids is 2. The number of carbonyl (C=O) groups is 2. The summed E-state index contributed by atoms with van der Waals surface area (Å²) in [5.41, 5.74) is 0. The van der Waals surface area contributed by atoms with Crippen molar-refractivity contribution in [2.45, 2.75) is 143 Å². The van der Waals surface area contributed by atoms with Crippen molar-refractivity contribution in [1.29, 1.82) is 0 Å². The van der Waals surface area contributed by atoms with Crippen LogP contribution in [0.2, 0.25) is 0 Å². The molecule has 3 N–H and O–H groups in total. The van der Waals surface area contributed by atoms with Crippen LogP contribution < -0.4 is 0 Å². The number of unbranched alkanes of at least 4 members (excludes halogenated alkanes) is 15. The quantitative estimate of drug-likeness (QED) is 0.143. The van der Waals surface area contributed by atoms with Gasteiger partial charge in [-0.15, -0.1) is 0 Å². The summed E-state index contributed by atoms with van der Waals surface area (Å²) in [6.07, 6.45) is 23.9. The normalized spacial score (nSPS) is 10.4. The molecule has 32 heavy (non-hydrogen) atoms. The van der Waals surface area contributed by atoms with Gasteiger partial charge in [0.25, 0.3) is 0 Å². The molecule has 0 fully saturated rings. The molecule has 0 radical (unpaired) electrons. The Morgan fingerprint density at radius 3 is 0.781 bits per heavy atom. The van der Waals surface area contributed by atoms with Crippen LogP contribution in [0, 0.1) is 0 Å².